The quantitative estimate of drug-likeness (QED) is 0.798. The number of carbonyl (C=O) groups is 1. The highest BCUT2D eigenvalue weighted by Gasteiger charge is 2.23. The molecule has 0 aliphatic carbocycles. The molecule has 1 fully saturated rings. The second-order valence-corrected chi connectivity index (χ2v) is 6.37. The number of piperazine rings is 1. The monoisotopic (exact) mass is 307 g/mol. The lowest BCUT2D eigenvalue weighted by Crippen LogP contribution is -2.43. The minimum atomic E-state index is 0.747. The molecule has 2 aliphatic rings. The largest absolute Gasteiger partial charge is 0.367 e. The van der Waals surface area contributed by atoms with Crippen molar-refractivity contribution in [3.63, 3.8) is 0 Å². The van der Waals surface area contributed by atoms with E-state index in [1.54, 1.807) is 0 Å². The molecule has 0 saturated carbocycles. The highest BCUT2D eigenvalue weighted by Crippen LogP contribution is 2.30. The first-order valence-corrected chi connectivity index (χ1v) is 8.14. The summed E-state index contributed by atoms with van der Waals surface area (Å²) in [6.45, 7) is 4.93. The Hall–Kier alpha value is -2.33. The second-order valence-electron chi connectivity index (χ2n) is 6.37. The lowest BCUT2D eigenvalue weighted by molar-refractivity contribution is 0.111. The SMILES string of the molecule is CN1CCN(C2=Cc3ccccc3Cn3c(C=O)ccc32)CC1. The van der Waals surface area contributed by atoms with Crippen molar-refractivity contribution in [2.24, 2.45) is 0 Å². The molecule has 0 bridgehead atoms. The van der Waals surface area contributed by atoms with Crippen LogP contribution in [-0.4, -0.2) is 53.9 Å². The molecule has 1 aromatic carbocycles. The number of likely N-dealkylation sites (N-methyl/N-ethyl adjacent to an activating group) is 1. The van der Waals surface area contributed by atoms with Crippen LogP contribution in [0.15, 0.2) is 36.4 Å². The van der Waals surface area contributed by atoms with Crippen LogP contribution in [-0.2, 0) is 6.54 Å². The zero-order valence-corrected chi connectivity index (χ0v) is 13.4. The van der Waals surface area contributed by atoms with E-state index >= 15 is 0 Å². The van der Waals surface area contributed by atoms with Crippen molar-refractivity contribution in [1.82, 2.24) is 14.4 Å². The van der Waals surface area contributed by atoms with Gasteiger partial charge in [0.1, 0.15) is 0 Å². The number of aromatic nitrogens is 1. The van der Waals surface area contributed by atoms with Gasteiger partial charge in [0.25, 0.3) is 0 Å². The zero-order valence-electron chi connectivity index (χ0n) is 13.4. The number of benzene rings is 1. The van der Waals surface area contributed by atoms with Crippen LogP contribution in [0.3, 0.4) is 0 Å². The number of aldehydes is 1. The van der Waals surface area contributed by atoms with Gasteiger partial charge in [0.15, 0.2) is 6.29 Å². The molecule has 0 radical (unpaired) electrons. The summed E-state index contributed by atoms with van der Waals surface area (Å²) in [6, 6.07) is 12.5. The maximum Gasteiger partial charge on any atom is 0.166 e. The molecule has 2 aliphatic heterocycles. The summed E-state index contributed by atoms with van der Waals surface area (Å²) in [4.78, 5) is 16.2. The smallest absolute Gasteiger partial charge is 0.166 e. The summed E-state index contributed by atoms with van der Waals surface area (Å²) in [5, 5.41) is 0. The van der Waals surface area contributed by atoms with Crippen LogP contribution in [0.2, 0.25) is 0 Å². The Balaban J connectivity index is 1.83. The maximum absolute atomic E-state index is 11.4. The van der Waals surface area contributed by atoms with Crippen molar-refractivity contribution >= 4 is 18.1 Å². The van der Waals surface area contributed by atoms with E-state index in [2.05, 4.69) is 57.8 Å². The molecule has 1 aromatic heterocycles. The van der Waals surface area contributed by atoms with Gasteiger partial charge in [-0.25, -0.2) is 0 Å². The summed E-state index contributed by atoms with van der Waals surface area (Å²) < 4.78 is 2.14. The highest BCUT2D eigenvalue weighted by atomic mass is 16.1. The highest BCUT2D eigenvalue weighted by molar-refractivity contribution is 5.84. The lowest BCUT2D eigenvalue weighted by Gasteiger charge is -2.35. The third-order valence-electron chi connectivity index (χ3n) is 4.92. The van der Waals surface area contributed by atoms with Gasteiger partial charge in [-0.3, -0.25) is 4.79 Å². The topological polar surface area (TPSA) is 28.5 Å². The minimum Gasteiger partial charge on any atom is -0.367 e. The predicted octanol–water partition coefficient (Wildman–Crippen LogP) is 2.41. The Morgan fingerprint density at radius 2 is 1.78 bits per heavy atom. The molecule has 4 nitrogen and oxygen atoms in total. The molecule has 0 N–H and O–H groups in total. The second kappa shape index (κ2) is 5.70. The number of hydrogen-bond acceptors (Lipinski definition) is 3. The van der Waals surface area contributed by atoms with Crippen LogP contribution in [0.1, 0.15) is 27.3 Å². The van der Waals surface area contributed by atoms with Crippen molar-refractivity contribution in [2.75, 3.05) is 33.2 Å². The molecule has 118 valence electrons. The van der Waals surface area contributed by atoms with Crippen molar-refractivity contribution in [2.45, 2.75) is 6.54 Å². The Morgan fingerprint density at radius 1 is 1.00 bits per heavy atom. The van der Waals surface area contributed by atoms with E-state index in [1.807, 2.05) is 6.07 Å². The van der Waals surface area contributed by atoms with Gasteiger partial charge in [-0.2, -0.15) is 0 Å². The van der Waals surface area contributed by atoms with Crippen molar-refractivity contribution < 1.29 is 4.79 Å². The van der Waals surface area contributed by atoms with Crippen LogP contribution >= 0.6 is 0 Å². The molecule has 0 spiro atoms. The van der Waals surface area contributed by atoms with E-state index < -0.39 is 0 Å². The van der Waals surface area contributed by atoms with Gasteiger partial charge in [-0.15, -0.1) is 0 Å². The maximum atomic E-state index is 11.4. The third-order valence-corrected chi connectivity index (χ3v) is 4.92. The number of carbonyl (C=O) groups excluding carboxylic acids is 1. The van der Waals surface area contributed by atoms with Crippen molar-refractivity contribution in [3.8, 4) is 0 Å². The lowest BCUT2D eigenvalue weighted by atomic mass is 10.1. The number of fused-ring (bicyclic) bond motifs is 2. The van der Waals surface area contributed by atoms with E-state index in [1.165, 1.54) is 16.8 Å². The molecular formula is C19H21N3O. The van der Waals surface area contributed by atoms with Crippen LogP contribution < -0.4 is 0 Å². The predicted molar refractivity (Wildman–Crippen MR) is 92.3 cm³/mol. The van der Waals surface area contributed by atoms with Gasteiger partial charge in [-0.05, 0) is 36.4 Å². The summed E-state index contributed by atoms with van der Waals surface area (Å²) in [6.07, 6.45) is 3.24. The Labute approximate surface area is 136 Å². The average molecular weight is 307 g/mol. The van der Waals surface area contributed by atoms with Gasteiger partial charge in [0.05, 0.1) is 17.1 Å². The van der Waals surface area contributed by atoms with Crippen LogP contribution in [0.25, 0.3) is 11.8 Å². The molecule has 3 heterocycles. The van der Waals surface area contributed by atoms with E-state index in [9.17, 15) is 4.79 Å². The van der Waals surface area contributed by atoms with E-state index in [-0.39, 0.29) is 0 Å². The van der Waals surface area contributed by atoms with Gasteiger partial charge in [0, 0.05) is 32.7 Å². The molecule has 0 unspecified atom stereocenters. The van der Waals surface area contributed by atoms with Crippen LogP contribution in [0.4, 0.5) is 0 Å². The first-order valence-electron chi connectivity index (χ1n) is 8.14. The van der Waals surface area contributed by atoms with Gasteiger partial charge in [0.2, 0.25) is 0 Å². The Bertz CT molecular complexity index is 767. The Kier molecular flexibility index (Phi) is 3.54. The summed E-state index contributed by atoms with van der Waals surface area (Å²) in [5.41, 5.74) is 5.64. The number of nitrogens with zero attached hydrogens (tertiary/aromatic N) is 3. The standard InChI is InChI=1S/C19H21N3O/c1-20-8-10-21(11-9-20)19-12-15-4-2-3-5-16(15)13-22-17(14-23)6-7-18(19)22/h2-7,12,14H,8-11,13H2,1H3. The van der Waals surface area contributed by atoms with Crippen molar-refractivity contribution in [3.05, 3.63) is 58.9 Å². The summed E-state index contributed by atoms with van der Waals surface area (Å²) in [5.74, 6) is 0. The summed E-state index contributed by atoms with van der Waals surface area (Å²) >= 11 is 0. The molecular weight excluding hydrogens is 286 g/mol. The molecule has 0 atom stereocenters. The minimum absolute atomic E-state index is 0.747. The third kappa shape index (κ3) is 2.49. The van der Waals surface area contributed by atoms with Crippen LogP contribution in [0.5, 0.6) is 0 Å². The molecule has 23 heavy (non-hydrogen) atoms. The number of hydrogen-bond donors (Lipinski definition) is 0. The van der Waals surface area contributed by atoms with E-state index in [4.69, 9.17) is 0 Å². The Morgan fingerprint density at radius 3 is 2.57 bits per heavy atom. The van der Waals surface area contributed by atoms with E-state index in [0.29, 0.717) is 0 Å². The fraction of sp³-hybridized carbons (Fsp3) is 0.316. The first kappa shape index (κ1) is 14.3. The van der Waals surface area contributed by atoms with Gasteiger partial charge in [-0.1, -0.05) is 24.3 Å². The molecule has 0 amide bonds. The fourth-order valence-electron chi connectivity index (χ4n) is 3.50. The summed E-state index contributed by atoms with van der Waals surface area (Å²) in [7, 11) is 2.17. The average Bonchev–Trinajstić information content (AvgIpc) is 2.90. The molecule has 2 aromatic rings. The molecule has 4 heteroatoms. The molecule has 1 saturated heterocycles. The van der Waals surface area contributed by atoms with Gasteiger partial charge < -0.3 is 14.4 Å². The van der Waals surface area contributed by atoms with E-state index in [0.717, 1.165) is 50.4 Å². The number of rotatable bonds is 2. The first-order chi connectivity index (χ1) is 11.3. The van der Waals surface area contributed by atoms with Crippen molar-refractivity contribution in [1.29, 1.82) is 0 Å². The van der Waals surface area contributed by atoms with Crippen LogP contribution in [0, 0.1) is 0 Å². The van der Waals surface area contributed by atoms with Gasteiger partial charge >= 0.3 is 0 Å². The fourth-order valence-corrected chi connectivity index (χ4v) is 3.50. The molecule has 4 rings (SSSR count). The zero-order chi connectivity index (χ0) is 15.8. The normalized spacial score (nSPS) is 18.0.